The third-order valence-corrected chi connectivity index (χ3v) is 1.73. The molecule has 7 heteroatoms. The van der Waals surface area contributed by atoms with Crippen LogP contribution in [0.2, 0.25) is 0 Å². The van der Waals surface area contributed by atoms with E-state index < -0.39 is 18.9 Å². The van der Waals surface area contributed by atoms with Crippen molar-refractivity contribution in [2.45, 2.75) is 26.1 Å². The second-order valence-corrected chi connectivity index (χ2v) is 3.42. The van der Waals surface area contributed by atoms with Crippen LogP contribution in [-0.4, -0.2) is 31.5 Å². The first kappa shape index (κ1) is 14.0. The number of amides is 1. The molecule has 4 nitrogen and oxygen atoms in total. The molecule has 0 aromatic heterocycles. The third kappa shape index (κ3) is 7.01. The molecule has 0 aromatic carbocycles. The van der Waals surface area contributed by atoms with Crippen molar-refractivity contribution in [2.75, 3.05) is 13.2 Å². The zero-order chi connectivity index (χ0) is 12.1. The van der Waals surface area contributed by atoms with Crippen LogP contribution in [-0.2, 0) is 4.74 Å². The normalized spacial score (nSPS) is 13.8. The van der Waals surface area contributed by atoms with Gasteiger partial charge < -0.3 is 15.8 Å². The minimum atomic E-state index is -4.51. The quantitative estimate of drug-likeness (QED) is 0.761. The highest BCUT2D eigenvalue weighted by Gasteiger charge is 2.30. The molecule has 0 heterocycles. The number of alkyl halides is 3. The highest BCUT2D eigenvalue weighted by atomic mass is 19.4. The number of ether oxygens (including phenoxy) is 1. The van der Waals surface area contributed by atoms with Crippen LogP contribution in [0.25, 0.3) is 0 Å². The summed E-state index contributed by atoms with van der Waals surface area (Å²) in [6.07, 6.45) is -5.61. The molecule has 0 unspecified atom stereocenters. The van der Waals surface area contributed by atoms with E-state index in [4.69, 9.17) is 5.73 Å². The van der Waals surface area contributed by atoms with E-state index in [2.05, 4.69) is 10.1 Å². The lowest BCUT2D eigenvalue weighted by molar-refractivity contribution is -0.160. The van der Waals surface area contributed by atoms with Crippen LogP contribution in [0.15, 0.2) is 0 Å². The molecule has 0 rings (SSSR count). The zero-order valence-corrected chi connectivity index (χ0v) is 8.60. The number of nitrogens with one attached hydrogen (secondary N) is 1. The summed E-state index contributed by atoms with van der Waals surface area (Å²) in [5, 5.41) is 2.25. The van der Waals surface area contributed by atoms with Gasteiger partial charge in [-0.15, -0.1) is 0 Å². The molecule has 0 aliphatic heterocycles. The third-order valence-electron chi connectivity index (χ3n) is 1.73. The van der Waals surface area contributed by atoms with Crippen molar-refractivity contribution in [3.63, 3.8) is 0 Å². The monoisotopic (exact) mass is 228 g/mol. The molecule has 0 radical (unpaired) electrons. The topological polar surface area (TPSA) is 64.3 Å². The predicted molar refractivity (Wildman–Crippen MR) is 48.2 cm³/mol. The van der Waals surface area contributed by atoms with E-state index >= 15 is 0 Å². The van der Waals surface area contributed by atoms with Crippen LogP contribution in [0.4, 0.5) is 18.0 Å². The van der Waals surface area contributed by atoms with Crippen molar-refractivity contribution < 1.29 is 22.7 Å². The molecule has 0 bridgehead atoms. The molecule has 0 saturated carbocycles. The molecule has 0 aromatic rings. The Labute approximate surface area is 86.0 Å². The van der Waals surface area contributed by atoms with E-state index in [1.165, 1.54) is 0 Å². The van der Waals surface area contributed by atoms with Gasteiger partial charge >= 0.3 is 12.3 Å². The van der Waals surface area contributed by atoms with Crippen LogP contribution in [0.3, 0.4) is 0 Å². The Kier molecular flexibility index (Phi) is 5.41. The lowest BCUT2D eigenvalue weighted by atomic mass is 10.1. The van der Waals surface area contributed by atoms with Crippen molar-refractivity contribution in [1.29, 1.82) is 0 Å². The van der Waals surface area contributed by atoms with E-state index in [9.17, 15) is 18.0 Å². The number of carbonyl (C=O) groups is 1. The number of hydrogen-bond donors (Lipinski definition) is 2. The molecular weight excluding hydrogens is 213 g/mol. The number of rotatable bonds is 4. The van der Waals surface area contributed by atoms with Gasteiger partial charge in [-0.3, -0.25) is 0 Å². The van der Waals surface area contributed by atoms with Crippen LogP contribution < -0.4 is 11.1 Å². The van der Waals surface area contributed by atoms with Crippen molar-refractivity contribution in [1.82, 2.24) is 5.32 Å². The minimum Gasteiger partial charge on any atom is -0.440 e. The van der Waals surface area contributed by atoms with E-state index in [0.717, 1.165) is 0 Å². The fourth-order valence-electron chi connectivity index (χ4n) is 0.838. The van der Waals surface area contributed by atoms with Gasteiger partial charge in [0.05, 0.1) is 0 Å². The summed E-state index contributed by atoms with van der Waals surface area (Å²) in [5.41, 5.74) is 5.31. The fourth-order valence-corrected chi connectivity index (χ4v) is 0.838. The Morgan fingerprint density at radius 2 is 2.00 bits per heavy atom. The highest BCUT2D eigenvalue weighted by molar-refractivity contribution is 5.67. The number of carbonyl (C=O) groups excluding carboxylic acids is 1. The zero-order valence-electron chi connectivity index (χ0n) is 8.60. The average Bonchev–Trinajstić information content (AvgIpc) is 2.09. The molecule has 0 fully saturated rings. The molecule has 0 aliphatic rings. The fraction of sp³-hybridized carbons (Fsp3) is 0.875. The standard InChI is InChI=1S/C8H15F3N2O2/c1-5(2)6(3-12)13-7(14)15-4-8(9,10)11/h5-6H,3-4,12H2,1-2H3,(H,13,14)/t6-/m1/s1. The van der Waals surface area contributed by atoms with Gasteiger partial charge in [0.15, 0.2) is 6.61 Å². The molecule has 0 saturated heterocycles. The minimum absolute atomic E-state index is 0.0356. The van der Waals surface area contributed by atoms with E-state index in [1.54, 1.807) is 13.8 Å². The van der Waals surface area contributed by atoms with E-state index in [-0.39, 0.29) is 18.5 Å². The Bertz CT molecular complexity index is 207. The summed E-state index contributed by atoms with van der Waals surface area (Å²) in [6, 6.07) is -0.384. The molecule has 0 spiro atoms. The maximum absolute atomic E-state index is 11.7. The van der Waals surface area contributed by atoms with Gasteiger partial charge in [-0.2, -0.15) is 13.2 Å². The van der Waals surface area contributed by atoms with Gasteiger partial charge in [-0.05, 0) is 5.92 Å². The van der Waals surface area contributed by atoms with Crippen molar-refractivity contribution in [2.24, 2.45) is 11.7 Å². The maximum Gasteiger partial charge on any atom is 0.422 e. The van der Waals surface area contributed by atoms with Crippen molar-refractivity contribution in [3.05, 3.63) is 0 Å². The molecule has 1 amide bonds. The first-order valence-corrected chi connectivity index (χ1v) is 4.46. The Hall–Kier alpha value is -0.980. The summed E-state index contributed by atoms with van der Waals surface area (Å²) >= 11 is 0. The van der Waals surface area contributed by atoms with E-state index in [0.29, 0.717) is 0 Å². The number of nitrogens with two attached hydrogens (primary N) is 1. The Morgan fingerprint density at radius 1 is 1.47 bits per heavy atom. The summed E-state index contributed by atoms with van der Waals surface area (Å²) in [5.74, 6) is 0.0356. The lowest BCUT2D eigenvalue weighted by Gasteiger charge is -2.20. The molecule has 3 N–H and O–H groups in total. The Morgan fingerprint density at radius 3 is 2.33 bits per heavy atom. The number of halogens is 3. The lowest BCUT2D eigenvalue weighted by Crippen LogP contribution is -2.44. The second-order valence-electron chi connectivity index (χ2n) is 3.42. The van der Waals surface area contributed by atoms with Crippen molar-refractivity contribution in [3.8, 4) is 0 Å². The molecule has 0 aliphatic carbocycles. The average molecular weight is 228 g/mol. The summed E-state index contributed by atoms with van der Waals surface area (Å²) in [7, 11) is 0. The van der Waals surface area contributed by atoms with Crippen LogP contribution in [0, 0.1) is 5.92 Å². The van der Waals surface area contributed by atoms with Crippen LogP contribution in [0.5, 0.6) is 0 Å². The molecule has 15 heavy (non-hydrogen) atoms. The number of alkyl carbamates (subject to hydrolysis) is 1. The van der Waals surface area contributed by atoms with Crippen LogP contribution in [0.1, 0.15) is 13.8 Å². The van der Waals surface area contributed by atoms with E-state index in [1.807, 2.05) is 0 Å². The van der Waals surface area contributed by atoms with Gasteiger partial charge in [0.25, 0.3) is 0 Å². The highest BCUT2D eigenvalue weighted by Crippen LogP contribution is 2.14. The van der Waals surface area contributed by atoms with Gasteiger partial charge in [0.2, 0.25) is 0 Å². The SMILES string of the molecule is CC(C)[C@@H](CN)NC(=O)OCC(F)(F)F. The summed E-state index contributed by atoms with van der Waals surface area (Å²) in [4.78, 5) is 10.9. The second kappa shape index (κ2) is 5.79. The molecule has 90 valence electrons. The van der Waals surface area contributed by atoms with Gasteiger partial charge in [-0.25, -0.2) is 4.79 Å². The Balaban J connectivity index is 3.92. The smallest absolute Gasteiger partial charge is 0.422 e. The maximum atomic E-state index is 11.7. The first-order chi connectivity index (χ1) is 6.76. The van der Waals surface area contributed by atoms with Gasteiger partial charge in [0.1, 0.15) is 0 Å². The number of hydrogen-bond acceptors (Lipinski definition) is 3. The molecular formula is C8H15F3N2O2. The van der Waals surface area contributed by atoms with Crippen molar-refractivity contribution >= 4 is 6.09 Å². The summed E-state index contributed by atoms with van der Waals surface area (Å²) < 4.78 is 39.0. The molecule has 1 atom stereocenters. The predicted octanol–water partition coefficient (Wildman–Crippen LogP) is 1.26. The largest absolute Gasteiger partial charge is 0.440 e. The first-order valence-electron chi connectivity index (χ1n) is 4.46. The van der Waals surface area contributed by atoms with Gasteiger partial charge in [0, 0.05) is 12.6 Å². The summed E-state index contributed by atoms with van der Waals surface area (Å²) in [6.45, 7) is 2.15. The van der Waals surface area contributed by atoms with Gasteiger partial charge in [-0.1, -0.05) is 13.8 Å². The van der Waals surface area contributed by atoms with Crippen LogP contribution >= 0.6 is 0 Å².